The first-order valence-electron chi connectivity index (χ1n) is 6.55. The Morgan fingerprint density at radius 3 is 2.65 bits per heavy atom. The Balaban J connectivity index is 2.33. The Kier molecular flexibility index (Phi) is 4.42. The van der Waals surface area contributed by atoms with E-state index < -0.39 is 28.1 Å². The summed E-state index contributed by atoms with van der Waals surface area (Å²) in [6.45, 7) is 5.02. The quantitative estimate of drug-likeness (QED) is 0.602. The van der Waals surface area contributed by atoms with Crippen molar-refractivity contribution in [2.75, 3.05) is 0 Å². The van der Waals surface area contributed by atoms with Crippen molar-refractivity contribution < 1.29 is 18.8 Å². The molecule has 0 saturated heterocycles. The minimum Gasteiger partial charge on any atom is -0.443 e. The molecule has 0 saturated carbocycles. The van der Waals surface area contributed by atoms with E-state index in [0.717, 1.165) is 22.0 Å². The van der Waals surface area contributed by atoms with Gasteiger partial charge in [-0.05, 0) is 20.8 Å². The lowest BCUT2D eigenvalue weighted by Gasteiger charge is -2.25. The Morgan fingerprint density at radius 2 is 2.13 bits per heavy atom. The van der Waals surface area contributed by atoms with E-state index in [9.17, 15) is 19.3 Å². The number of allylic oxidation sites excluding steroid dienone is 2. The molecule has 0 spiro atoms. The highest BCUT2D eigenvalue weighted by atomic mass is 35.5. The largest absolute Gasteiger partial charge is 0.443 e. The zero-order valence-electron chi connectivity index (χ0n) is 12.6. The predicted molar refractivity (Wildman–Crippen MR) is 80.0 cm³/mol. The molecule has 0 atom stereocenters. The molecule has 2 heterocycles. The van der Waals surface area contributed by atoms with Gasteiger partial charge in [-0.25, -0.2) is 13.9 Å². The van der Waals surface area contributed by atoms with E-state index in [1.807, 2.05) is 0 Å². The molecule has 0 radical (unpaired) electrons. The van der Waals surface area contributed by atoms with Gasteiger partial charge in [-0.1, -0.05) is 11.6 Å². The molecular weight excluding hydrogens is 331 g/mol. The third-order valence-corrected chi connectivity index (χ3v) is 3.04. The molecular formula is C13H14ClFN4O4. The highest BCUT2D eigenvalue weighted by Crippen LogP contribution is 2.31. The normalized spacial score (nSPS) is 15.1. The SMILES string of the molecule is CC(C)(C)OC(=O)N1C=C(F)CC(n2ncc([N+](=O)[O-])c2Cl)=C1. The molecule has 0 bridgehead atoms. The molecule has 0 aliphatic carbocycles. The van der Waals surface area contributed by atoms with Crippen molar-refractivity contribution in [2.45, 2.75) is 32.8 Å². The smallest absolute Gasteiger partial charge is 0.418 e. The van der Waals surface area contributed by atoms with Gasteiger partial charge in [0.15, 0.2) is 0 Å². The minimum absolute atomic E-state index is 0.161. The monoisotopic (exact) mass is 344 g/mol. The van der Waals surface area contributed by atoms with Gasteiger partial charge in [0, 0.05) is 18.8 Å². The topological polar surface area (TPSA) is 90.5 Å². The molecule has 124 valence electrons. The molecule has 1 aromatic heterocycles. The van der Waals surface area contributed by atoms with Crippen LogP contribution in [0.5, 0.6) is 0 Å². The number of rotatable bonds is 2. The van der Waals surface area contributed by atoms with E-state index in [1.54, 1.807) is 20.8 Å². The van der Waals surface area contributed by atoms with Crippen molar-refractivity contribution in [3.05, 3.63) is 39.7 Å². The van der Waals surface area contributed by atoms with Gasteiger partial charge in [0.05, 0.1) is 10.6 Å². The van der Waals surface area contributed by atoms with E-state index in [0.29, 0.717) is 0 Å². The molecule has 0 N–H and O–H groups in total. The second-order valence-electron chi connectivity index (χ2n) is 5.75. The molecule has 1 aliphatic heterocycles. The van der Waals surface area contributed by atoms with Crippen LogP contribution < -0.4 is 0 Å². The Bertz CT molecular complexity index is 720. The number of nitro groups is 1. The fourth-order valence-corrected chi connectivity index (χ4v) is 2.08. The molecule has 23 heavy (non-hydrogen) atoms. The summed E-state index contributed by atoms with van der Waals surface area (Å²) in [5, 5.41) is 14.3. The van der Waals surface area contributed by atoms with Crippen molar-refractivity contribution in [3.63, 3.8) is 0 Å². The molecule has 0 unspecified atom stereocenters. The van der Waals surface area contributed by atoms with E-state index in [-0.39, 0.29) is 17.3 Å². The number of aromatic nitrogens is 2. The maximum absolute atomic E-state index is 13.8. The number of halogens is 2. The summed E-state index contributed by atoms with van der Waals surface area (Å²) in [7, 11) is 0. The van der Waals surface area contributed by atoms with Crippen LogP contribution in [0.25, 0.3) is 5.70 Å². The van der Waals surface area contributed by atoms with Crippen LogP contribution >= 0.6 is 11.6 Å². The van der Waals surface area contributed by atoms with Crippen LogP contribution in [-0.2, 0) is 4.74 Å². The van der Waals surface area contributed by atoms with Crippen LogP contribution in [0.1, 0.15) is 27.2 Å². The fourth-order valence-electron chi connectivity index (χ4n) is 1.81. The number of carbonyl (C=O) groups is 1. The highest BCUT2D eigenvalue weighted by Gasteiger charge is 2.27. The van der Waals surface area contributed by atoms with Crippen LogP contribution in [-0.4, -0.2) is 31.3 Å². The summed E-state index contributed by atoms with van der Waals surface area (Å²) in [5.74, 6) is -0.637. The molecule has 1 amide bonds. The second-order valence-corrected chi connectivity index (χ2v) is 6.11. The molecule has 0 aromatic carbocycles. The van der Waals surface area contributed by atoms with Gasteiger partial charge in [-0.15, -0.1) is 0 Å². The maximum atomic E-state index is 13.8. The van der Waals surface area contributed by atoms with Crippen LogP contribution in [0.3, 0.4) is 0 Å². The van der Waals surface area contributed by atoms with Gasteiger partial charge in [0.25, 0.3) is 0 Å². The van der Waals surface area contributed by atoms with E-state index >= 15 is 0 Å². The van der Waals surface area contributed by atoms with Gasteiger partial charge >= 0.3 is 11.8 Å². The lowest BCUT2D eigenvalue weighted by molar-refractivity contribution is -0.384. The minimum atomic E-state index is -0.789. The highest BCUT2D eigenvalue weighted by molar-refractivity contribution is 6.32. The first-order chi connectivity index (χ1) is 10.6. The Labute approximate surface area is 135 Å². The van der Waals surface area contributed by atoms with E-state index in [1.165, 1.54) is 6.20 Å². The van der Waals surface area contributed by atoms with Gasteiger partial charge in [-0.3, -0.25) is 15.0 Å². The zero-order valence-corrected chi connectivity index (χ0v) is 13.4. The third kappa shape index (κ3) is 3.86. The average molecular weight is 345 g/mol. The van der Waals surface area contributed by atoms with Crippen molar-refractivity contribution >= 4 is 29.1 Å². The Morgan fingerprint density at radius 1 is 1.48 bits per heavy atom. The zero-order chi connectivity index (χ0) is 17.4. The third-order valence-electron chi connectivity index (χ3n) is 2.68. The summed E-state index contributed by atoms with van der Waals surface area (Å²) >= 11 is 5.88. The first-order valence-corrected chi connectivity index (χ1v) is 6.93. The summed E-state index contributed by atoms with van der Waals surface area (Å²) < 4.78 is 20.0. The standard InChI is InChI=1S/C13H14ClFN4O4/c1-13(2,3)23-12(20)17-6-8(15)4-9(7-17)18-11(14)10(5-16-18)19(21)22/h5-7H,4H2,1-3H3. The van der Waals surface area contributed by atoms with Crippen LogP contribution in [0.4, 0.5) is 14.9 Å². The van der Waals surface area contributed by atoms with Crippen molar-refractivity contribution in [2.24, 2.45) is 0 Å². The summed E-state index contributed by atoms with van der Waals surface area (Å²) in [5.41, 5.74) is -1.00. The van der Waals surface area contributed by atoms with Gasteiger partial charge < -0.3 is 4.74 Å². The summed E-state index contributed by atoms with van der Waals surface area (Å²) in [6.07, 6.45) is 2.20. The number of ether oxygens (including phenoxy) is 1. The van der Waals surface area contributed by atoms with Crippen LogP contribution in [0.2, 0.25) is 5.15 Å². The molecule has 1 aliphatic rings. The first kappa shape index (κ1) is 16.9. The van der Waals surface area contributed by atoms with E-state index in [2.05, 4.69) is 5.10 Å². The summed E-state index contributed by atoms with van der Waals surface area (Å²) in [4.78, 5) is 23.0. The van der Waals surface area contributed by atoms with Crippen LogP contribution in [0.15, 0.2) is 24.4 Å². The number of amides is 1. The maximum Gasteiger partial charge on any atom is 0.418 e. The van der Waals surface area contributed by atoms with Gasteiger partial charge in [-0.2, -0.15) is 5.10 Å². The lowest BCUT2D eigenvalue weighted by atomic mass is 10.2. The van der Waals surface area contributed by atoms with E-state index in [4.69, 9.17) is 16.3 Å². The molecule has 1 aromatic rings. The average Bonchev–Trinajstić information content (AvgIpc) is 2.78. The van der Waals surface area contributed by atoms with Crippen LogP contribution in [0, 0.1) is 10.1 Å². The molecule has 8 nitrogen and oxygen atoms in total. The molecule has 10 heteroatoms. The second kappa shape index (κ2) is 5.99. The number of hydrogen-bond acceptors (Lipinski definition) is 5. The van der Waals surface area contributed by atoms with Crippen molar-refractivity contribution in [1.29, 1.82) is 0 Å². The van der Waals surface area contributed by atoms with Crippen molar-refractivity contribution in [3.8, 4) is 0 Å². The van der Waals surface area contributed by atoms with Gasteiger partial charge in [0.1, 0.15) is 17.6 Å². The molecule has 2 rings (SSSR count). The predicted octanol–water partition coefficient (Wildman–Crippen LogP) is 3.69. The number of hydrogen-bond donors (Lipinski definition) is 0. The number of nitrogens with zero attached hydrogens (tertiary/aromatic N) is 4. The van der Waals surface area contributed by atoms with Gasteiger partial charge in [0.2, 0.25) is 5.15 Å². The molecule has 0 fully saturated rings. The van der Waals surface area contributed by atoms with Crippen molar-refractivity contribution in [1.82, 2.24) is 14.7 Å². The Hall–Kier alpha value is -2.42. The number of carbonyl (C=O) groups excluding carboxylic acids is 1. The summed E-state index contributed by atoms with van der Waals surface area (Å²) in [6, 6.07) is 0. The lowest BCUT2D eigenvalue weighted by Crippen LogP contribution is -2.32. The fraction of sp³-hybridized carbons (Fsp3) is 0.385.